The molecule has 0 aliphatic carbocycles. The number of thioether (sulfide) groups is 1. The van der Waals surface area contributed by atoms with Crippen molar-refractivity contribution in [3.05, 3.63) is 29.8 Å². The van der Waals surface area contributed by atoms with E-state index in [1.165, 1.54) is 23.9 Å². The third-order valence-electron chi connectivity index (χ3n) is 5.56. The van der Waals surface area contributed by atoms with Gasteiger partial charge in [0.1, 0.15) is 23.9 Å². The Kier molecular flexibility index (Phi) is 13.1. The lowest BCUT2D eigenvalue weighted by Gasteiger charge is -2.28. The Morgan fingerprint density at radius 1 is 1.00 bits per heavy atom. The molecule has 12 heteroatoms. The maximum atomic E-state index is 13.1. The summed E-state index contributed by atoms with van der Waals surface area (Å²) >= 11 is 1.44. The highest BCUT2D eigenvalue weighted by atomic mass is 32.2. The van der Waals surface area contributed by atoms with Crippen molar-refractivity contribution >= 4 is 35.5 Å². The average molecular weight is 513 g/mol. The second-order valence-electron chi connectivity index (χ2n) is 8.27. The number of phenols is 1. The molecule has 1 aromatic rings. The van der Waals surface area contributed by atoms with Gasteiger partial charge < -0.3 is 37.0 Å². The van der Waals surface area contributed by atoms with Crippen LogP contribution in [0, 0.1) is 5.92 Å². The number of carbonyl (C=O) groups is 4. The topological polar surface area (TPSA) is 191 Å². The number of aliphatic carboxylic acids is 1. The van der Waals surface area contributed by atoms with Crippen LogP contribution in [-0.4, -0.2) is 81.8 Å². The second-order valence-corrected chi connectivity index (χ2v) is 9.26. The van der Waals surface area contributed by atoms with Gasteiger partial charge >= 0.3 is 5.97 Å². The predicted octanol–water partition coefficient (Wildman–Crippen LogP) is -0.407. The van der Waals surface area contributed by atoms with Crippen molar-refractivity contribution < 1.29 is 34.5 Å². The molecule has 8 N–H and O–H groups in total. The summed E-state index contributed by atoms with van der Waals surface area (Å²) in [6.45, 7) is 2.83. The number of rotatable bonds is 15. The molecule has 0 fully saturated rings. The average Bonchev–Trinajstić information content (AvgIpc) is 2.83. The Morgan fingerprint density at radius 2 is 1.60 bits per heavy atom. The number of phenolic OH excluding ortho intramolecular Hbond substituents is 1. The Hall–Kier alpha value is -2.83. The van der Waals surface area contributed by atoms with Crippen molar-refractivity contribution in [2.45, 2.75) is 57.3 Å². The van der Waals surface area contributed by atoms with E-state index in [4.69, 9.17) is 10.8 Å². The van der Waals surface area contributed by atoms with Crippen LogP contribution in [-0.2, 0) is 25.6 Å². The maximum absolute atomic E-state index is 13.1. The number of carboxylic acid groups (broad SMARTS) is 1. The molecule has 0 bridgehead atoms. The molecule has 5 atom stereocenters. The van der Waals surface area contributed by atoms with Gasteiger partial charge in [0, 0.05) is 0 Å². The zero-order chi connectivity index (χ0) is 26.5. The van der Waals surface area contributed by atoms with E-state index in [1.807, 2.05) is 13.2 Å². The molecular weight excluding hydrogens is 476 g/mol. The summed E-state index contributed by atoms with van der Waals surface area (Å²) in [6, 6.07) is 1.78. The summed E-state index contributed by atoms with van der Waals surface area (Å²) < 4.78 is 0. The van der Waals surface area contributed by atoms with E-state index in [2.05, 4.69) is 16.0 Å². The summed E-state index contributed by atoms with van der Waals surface area (Å²) in [5.74, 6) is -2.97. The Morgan fingerprint density at radius 3 is 2.11 bits per heavy atom. The van der Waals surface area contributed by atoms with E-state index < -0.39 is 54.5 Å². The first-order chi connectivity index (χ1) is 16.5. The van der Waals surface area contributed by atoms with Crippen LogP contribution in [0.1, 0.15) is 32.3 Å². The van der Waals surface area contributed by atoms with Crippen LogP contribution in [0.15, 0.2) is 24.3 Å². The van der Waals surface area contributed by atoms with Crippen LogP contribution in [0.25, 0.3) is 0 Å². The Bertz CT molecular complexity index is 853. The molecule has 0 radical (unpaired) electrons. The van der Waals surface area contributed by atoms with Gasteiger partial charge in [-0.25, -0.2) is 4.79 Å². The van der Waals surface area contributed by atoms with E-state index in [9.17, 15) is 29.4 Å². The number of aromatic hydroxyl groups is 1. The SMILES string of the molecule is CCC(C)C(NC(=O)C(N)Cc1ccc(O)cc1)C(=O)NC(CCSC)C(=O)NC(CO)C(=O)O. The molecule has 11 nitrogen and oxygen atoms in total. The molecule has 0 saturated heterocycles. The number of nitrogens with one attached hydrogen (secondary N) is 3. The number of aliphatic hydroxyl groups is 1. The van der Waals surface area contributed by atoms with Gasteiger partial charge in [0.2, 0.25) is 17.7 Å². The monoisotopic (exact) mass is 512 g/mol. The van der Waals surface area contributed by atoms with Crippen molar-refractivity contribution in [3.8, 4) is 5.75 Å². The summed E-state index contributed by atoms with van der Waals surface area (Å²) in [6.07, 6.45) is 2.79. The van der Waals surface area contributed by atoms with Crippen LogP contribution < -0.4 is 21.7 Å². The fraction of sp³-hybridized carbons (Fsp3) is 0.565. The summed E-state index contributed by atoms with van der Waals surface area (Å²) in [5, 5.41) is 35.2. The van der Waals surface area contributed by atoms with Crippen molar-refractivity contribution in [1.29, 1.82) is 0 Å². The minimum atomic E-state index is -1.50. The van der Waals surface area contributed by atoms with Crippen LogP contribution in [0.5, 0.6) is 5.75 Å². The third-order valence-corrected chi connectivity index (χ3v) is 6.21. The quantitative estimate of drug-likeness (QED) is 0.164. The smallest absolute Gasteiger partial charge is 0.328 e. The number of hydrogen-bond donors (Lipinski definition) is 7. The zero-order valence-corrected chi connectivity index (χ0v) is 21.0. The molecule has 3 amide bonds. The number of carbonyl (C=O) groups excluding carboxylic acids is 3. The molecule has 0 aliphatic heterocycles. The highest BCUT2D eigenvalue weighted by molar-refractivity contribution is 7.98. The molecule has 0 saturated carbocycles. The standard InChI is InChI=1S/C23H36N4O7S/c1-4-13(2)19(27-20(30)16(24)11-14-5-7-15(29)8-6-14)22(32)25-17(9-10-35-3)21(31)26-18(12-28)23(33)34/h5-8,13,16-19,28-29H,4,9-12,24H2,1-3H3,(H,25,32)(H,26,31)(H,27,30)(H,33,34). The lowest BCUT2D eigenvalue weighted by Crippen LogP contribution is -2.59. The Balaban J connectivity index is 2.93. The number of benzene rings is 1. The van der Waals surface area contributed by atoms with E-state index in [0.717, 1.165) is 5.56 Å². The van der Waals surface area contributed by atoms with Crippen LogP contribution >= 0.6 is 11.8 Å². The molecule has 1 rings (SSSR count). The largest absolute Gasteiger partial charge is 0.508 e. The van der Waals surface area contributed by atoms with Crippen molar-refractivity contribution in [1.82, 2.24) is 16.0 Å². The summed E-state index contributed by atoms with van der Waals surface area (Å²) in [7, 11) is 0. The van der Waals surface area contributed by atoms with Crippen molar-refractivity contribution in [3.63, 3.8) is 0 Å². The van der Waals surface area contributed by atoms with E-state index in [-0.39, 0.29) is 24.5 Å². The number of carboxylic acids is 1. The van der Waals surface area contributed by atoms with E-state index in [1.54, 1.807) is 19.1 Å². The van der Waals surface area contributed by atoms with Crippen LogP contribution in [0.4, 0.5) is 0 Å². The predicted molar refractivity (Wildman–Crippen MR) is 133 cm³/mol. The molecule has 196 valence electrons. The molecule has 0 aromatic heterocycles. The molecule has 0 heterocycles. The molecule has 35 heavy (non-hydrogen) atoms. The Labute approximate surface area is 209 Å². The number of aliphatic hydroxyl groups excluding tert-OH is 1. The van der Waals surface area contributed by atoms with Gasteiger partial charge in [-0.15, -0.1) is 0 Å². The van der Waals surface area contributed by atoms with Crippen LogP contribution in [0.3, 0.4) is 0 Å². The fourth-order valence-electron chi connectivity index (χ4n) is 3.16. The van der Waals surface area contributed by atoms with Crippen molar-refractivity contribution in [2.24, 2.45) is 11.7 Å². The molecule has 0 aliphatic rings. The minimum absolute atomic E-state index is 0.0917. The summed E-state index contributed by atoms with van der Waals surface area (Å²) in [5.41, 5.74) is 6.78. The normalized spacial score (nSPS) is 15.2. The van der Waals surface area contributed by atoms with E-state index in [0.29, 0.717) is 12.2 Å². The van der Waals surface area contributed by atoms with Crippen molar-refractivity contribution in [2.75, 3.05) is 18.6 Å². The molecule has 0 spiro atoms. The lowest BCUT2D eigenvalue weighted by molar-refractivity contribution is -0.143. The number of nitrogens with two attached hydrogens (primary N) is 1. The van der Waals surface area contributed by atoms with Gasteiger partial charge in [-0.05, 0) is 48.5 Å². The highest BCUT2D eigenvalue weighted by Crippen LogP contribution is 2.13. The zero-order valence-electron chi connectivity index (χ0n) is 20.2. The van der Waals surface area contributed by atoms with E-state index >= 15 is 0 Å². The molecule has 5 unspecified atom stereocenters. The van der Waals surface area contributed by atoms with Gasteiger partial charge in [0.15, 0.2) is 0 Å². The minimum Gasteiger partial charge on any atom is -0.508 e. The lowest BCUT2D eigenvalue weighted by atomic mass is 9.96. The maximum Gasteiger partial charge on any atom is 0.328 e. The first kappa shape index (κ1) is 30.2. The summed E-state index contributed by atoms with van der Waals surface area (Å²) in [4.78, 5) is 49.7. The van der Waals surface area contributed by atoms with Gasteiger partial charge in [-0.1, -0.05) is 32.4 Å². The van der Waals surface area contributed by atoms with Gasteiger partial charge in [-0.2, -0.15) is 11.8 Å². The molecular formula is C23H36N4O7S. The first-order valence-corrected chi connectivity index (χ1v) is 12.7. The first-order valence-electron chi connectivity index (χ1n) is 11.3. The molecule has 1 aromatic carbocycles. The third kappa shape index (κ3) is 10.1. The van der Waals surface area contributed by atoms with Gasteiger partial charge in [-0.3, -0.25) is 14.4 Å². The highest BCUT2D eigenvalue weighted by Gasteiger charge is 2.32. The second kappa shape index (κ2) is 15.2. The number of amides is 3. The van der Waals surface area contributed by atoms with Crippen LogP contribution in [0.2, 0.25) is 0 Å². The fourth-order valence-corrected chi connectivity index (χ4v) is 3.64. The number of hydrogen-bond acceptors (Lipinski definition) is 8. The van der Waals surface area contributed by atoms with Gasteiger partial charge in [0.25, 0.3) is 0 Å². The van der Waals surface area contributed by atoms with Gasteiger partial charge in [0.05, 0.1) is 12.6 Å².